The van der Waals surface area contributed by atoms with E-state index in [1.807, 2.05) is 4.57 Å². The summed E-state index contributed by atoms with van der Waals surface area (Å²) in [6.45, 7) is 6.56. The average molecular weight is 263 g/mol. The zero-order valence-electron chi connectivity index (χ0n) is 11.9. The Kier molecular flexibility index (Phi) is 4.08. The van der Waals surface area contributed by atoms with Crippen molar-refractivity contribution < 1.29 is 4.39 Å². The maximum atomic E-state index is 13.4. The number of fused-ring (bicyclic) bond motifs is 1. The van der Waals surface area contributed by atoms with Gasteiger partial charge in [-0.2, -0.15) is 0 Å². The molecule has 104 valence electrons. The number of hydrogen-bond donors (Lipinski definition) is 1. The van der Waals surface area contributed by atoms with Gasteiger partial charge in [0.15, 0.2) is 0 Å². The van der Waals surface area contributed by atoms with Crippen LogP contribution in [0.5, 0.6) is 0 Å². The van der Waals surface area contributed by atoms with Crippen LogP contribution in [0.2, 0.25) is 0 Å². The molecule has 0 bridgehead atoms. The van der Waals surface area contributed by atoms with Crippen molar-refractivity contribution in [3.63, 3.8) is 0 Å². The number of imidazole rings is 1. The fourth-order valence-electron chi connectivity index (χ4n) is 2.50. The molecule has 2 N–H and O–H groups in total. The van der Waals surface area contributed by atoms with E-state index in [9.17, 15) is 4.39 Å². The van der Waals surface area contributed by atoms with Crippen molar-refractivity contribution in [1.29, 1.82) is 0 Å². The molecule has 1 atom stereocenters. The lowest BCUT2D eigenvalue weighted by Crippen LogP contribution is -2.09. The third-order valence-corrected chi connectivity index (χ3v) is 3.52. The van der Waals surface area contributed by atoms with Crippen molar-refractivity contribution in [2.45, 2.75) is 46.1 Å². The van der Waals surface area contributed by atoms with E-state index in [2.05, 4.69) is 25.8 Å². The molecule has 0 aliphatic heterocycles. The van der Waals surface area contributed by atoms with E-state index in [4.69, 9.17) is 5.73 Å². The van der Waals surface area contributed by atoms with Crippen LogP contribution < -0.4 is 5.73 Å². The molecule has 1 aromatic heterocycles. The van der Waals surface area contributed by atoms with Crippen molar-refractivity contribution in [2.75, 3.05) is 5.73 Å². The lowest BCUT2D eigenvalue weighted by molar-refractivity contribution is 0.457. The van der Waals surface area contributed by atoms with Crippen LogP contribution in [0.1, 0.15) is 46.1 Å². The first kappa shape index (κ1) is 13.8. The SMILES string of the molecule is CC(C)CCCC(C)n1c(N)nc2ccc(F)cc21. The number of anilines is 1. The number of halogens is 1. The Balaban J connectivity index is 2.23. The second-order valence-corrected chi connectivity index (χ2v) is 5.65. The van der Waals surface area contributed by atoms with Gasteiger partial charge in [0.2, 0.25) is 5.95 Å². The van der Waals surface area contributed by atoms with Gasteiger partial charge in [-0.1, -0.05) is 26.7 Å². The molecular formula is C15H22FN3. The maximum Gasteiger partial charge on any atom is 0.201 e. The van der Waals surface area contributed by atoms with Crippen molar-refractivity contribution >= 4 is 17.0 Å². The molecule has 0 saturated carbocycles. The fourth-order valence-corrected chi connectivity index (χ4v) is 2.50. The van der Waals surface area contributed by atoms with Gasteiger partial charge in [0, 0.05) is 6.04 Å². The molecule has 1 heterocycles. The summed E-state index contributed by atoms with van der Waals surface area (Å²) in [5, 5.41) is 0. The number of nitrogens with zero attached hydrogens (tertiary/aromatic N) is 2. The molecule has 0 aliphatic rings. The molecule has 0 aliphatic carbocycles. The number of nitrogens with two attached hydrogens (primary N) is 1. The Labute approximate surface area is 113 Å². The third-order valence-electron chi connectivity index (χ3n) is 3.52. The summed E-state index contributed by atoms with van der Waals surface area (Å²) in [6.07, 6.45) is 3.38. The lowest BCUT2D eigenvalue weighted by Gasteiger charge is -2.16. The fraction of sp³-hybridized carbons (Fsp3) is 0.533. The Morgan fingerprint density at radius 2 is 2.00 bits per heavy atom. The molecule has 0 fully saturated rings. The van der Waals surface area contributed by atoms with Crippen LogP contribution in [-0.2, 0) is 0 Å². The molecule has 19 heavy (non-hydrogen) atoms. The molecule has 3 nitrogen and oxygen atoms in total. The number of rotatable bonds is 5. The summed E-state index contributed by atoms with van der Waals surface area (Å²) in [6, 6.07) is 4.85. The zero-order valence-corrected chi connectivity index (χ0v) is 11.9. The monoisotopic (exact) mass is 263 g/mol. The topological polar surface area (TPSA) is 43.8 Å². The van der Waals surface area contributed by atoms with Crippen LogP contribution in [0.4, 0.5) is 10.3 Å². The highest BCUT2D eigenvalue weighted by atomic mass is 19.1. The molecule has 4 heteroatoms. The Morgan fingerprint density at radius 1 is 1.26 bits per heavy atom. The minimum absolute atomic E-state index is 0.241. The standard InChI is InChI=1S/C15H22FN3/c1-10(2)5-4-6-11(3)19-14-9-12(16)7-8-13(14)18-15(19)17/h7-11H,4-6H2,1-3H3,(H2,17,18). The highest BCUT2D eigenvalue weighted by molar-refractivity contribution is 5.78. The quantitative estimate of drug-likeness (QED) is 0.880. The molecule has 0 saturated heterocycles. The van der Waals surface area contributed by atoms with Gasteiger partial charge in [0.05, 0.1) is 11.0 Å². The normalized spacial score (nSPS) is 13.3. The molecule has 1 unspecified atom stereocenters. The predicted octanol–water partition coefficient (Wildman–Crippen LogP) is 4.14. The van der Waals surface area contributed by atoms with Gasteiger partial charge >= 0.3 is 0 Å². The van der Waals surface area contributed by atoms with Gasteiger partial charge in [0.25, 0.3) is 0 Å². The van der Waals surface area contributed by atoms with Crippen LogP contribution in [0.15, 0.2) is 18.2 Å². The molecule has 0 spiro atoms. The van der Waals surface area contributed by atoms with E-state index in [0.29, 0.717) is 11.9 Å². The van der Waals surface area contributed by atoms with Crippen LogP contribution in [0.25, 0.3) is 11.0 Å². The van der Waals surface area contributed by atoms with Gasteiger partial charge in [-0.15, -0.1) is 0 Å². The van der Waals surface area contributed by atoms with Crippen LogP contribution in [0, 0.1) is 11.7 Å². The minimum atomic E-state index is -0.247. The maximum absolute atomic E-state index is 13.4. The molecule has 0 radical (unpaired) electrons. The Hall–Kier alpha value is -1.58. The van der Waals surface area contributed by atoms with E-state index < -0.39 is 0 Å². The van der Waals surface area contributed by atoms with Crippen molar-refractivity contribution in [3.05, 3.63) is 24.0 Å². The first-order valence-corrected chi connectivity index (χ1v) is 6.92. The summed E-state index contributed by atoms with van der Waals surface area (Å²) in [5.41, 5.74) is 7.51. The first-order valence-electron chi connectivity index (χ1n) is 6.92. The number of benzene rings is 1. The van der Waals surface area contributed by atoms with E-state index in [1.54, 1.807) is 6.07 Å². The van der Waals surface area contributed by atoms with E-state index in [0.717, 1.165) is 23.9 Å². The third kappa shape index (κ3) is 3.06. The highest BCUT2D eigenvalue weighted by Crippen LogP contribution is 2.26. The number of nitrogen functional groups attached to an aromatic ring is 1. The molecule has 1 aromatic carbocycles. The largest absolute Gasteiger partial charge is 0.369 e. The summed E-state index contributed by atoms with van der Waals surface area (Å²) >= 11 is 0. The van der Waals surface area contributed by atoms with Crippen LogP contribution >= 0.6 is 0 Å². The lowest BCUT2D eigenvalue weighted by atomic mass is 10.0. The van der Waals surface area contributed by atoms with Gasteiger partial charge < -0.3 is 10.3 Å². The van der Waals surface area contributed by atoms with Crippen molar-refractivity contribution in [2.24, 2.45) is 5.92 Å². The number of aromatic nitrogens is 2. The highest BCUT2D eigenvalue weighted by Gasteiger charge is 2.14. The molecule has 2 aromatic rings. The van der Waals surface area contributed by atoms with E-state index >= 15 is 0 Å². The van der Waals surface area contributed by atoms with Crippen LogP contribution in [0.3, 0.4) is 0 Å². The average Bonchev–Trinajstić information content (AvgIpc) is 2.63. The molecule has 0 amide bonds. The smallest absolute Gasteiger partial charge is 0.201 e. The first-order chi connectivity index (χ1) is 8.99. The van der Waals surface area contributed by atoms with Crippen LogP contribution in [-0.4, -0.2) is 9.55 Å². The van der Waals surface area contributed by atoms with Gasteiger partial charge in [-0.25, -0.2) is 9.37 Å². The summed E-state index contributed by atoms with van der Waals surface area (Å²) in [5.74, 6) is 0.933. The second kappa shape index (κ2) is 5.59. The van der Waals surface area contributed by atoms with E-state index in [1.165, 1.54) is 18.6 Å². The minimum Gasteiger partial charge on any atom is -0.369 e. The summed E-state index contributed by atoms with van der Waals surface area (Å²) < 4.78 is 15.3. The second-order valence-electron chi connectivity index (χ2n) is 5.65. The van der Waals surface area contributed by atoms with Gasteiger partial charge in [0.1, 0.15) is 5.82 Å². The zero-order chi connectivity index (χ0) is 14.0. The molecule has 2 rings (SSSR count). The summed E-state index contributed by atoms with van der Waals surface area (Å²) in [7, 11) is 0. The number of hydrogen-bond acceptors (Lipinski definition) is 2. The summed E-state index contributed by atoms with van der Waals surface area (Å²) in [4.78, 5) is 4.29. The van der Waals surface area contributed by atoms with Crippen molar-refractivity contribution in [3.8, 4) is 0 Å². The van der Waals surface area contributed by atoms with Gasteiger partial charge in [-0.05, 0) is 37.5 Å². The Bertz CT molecular complexity index is 560. The Morgan fingerprint density at radius 3 is 2.68 bits per heavy atom. The van der Waals surface area contributed by atoms with E-state index in [-0.39, 0.29) is 11.9 Å². The van der Waals surface area contributed by atoms with Crippen molar-refractivity contribution in [1.82, 2.24) is 9.55 Å². The van der Waals surface area contributed by atoms with Gasteiger partial charge in [-0.3, -0.25) is 0 Å². The molecular weight excluding hydrogens is 241 g/mol. The predicted molar refractivity (Wildman–Crippen MR) is 77.5 cm³/mol.